The summed E-state index contributed by atoms with van der Waals surface area (Å²) in [6, 6.07) is 8.98. The molecule has 7 heteroatoms. The molecular formula is C23H31N3O4. The number of pyridine rings is 1. The topological polar surface area (TPSA) is 81.6 Å². The molecule has 2 aromatic rings. The van der Waals surface area contributed by atoms with E-state index in [-0.39, 0.29) is 11.1 Å². The Labute approximate surface area is 177 Å². The van der Waals surface area contributed by atoms with Crippen LogP contribution in [0.15, 0.2) is 41.3 Å². The molecule has 7 nitrogen and oxygen atoms in total. The lowest BCUT2D eigenvalue weighted by Crippen LogP contribution is -2.36. The van der Waals surface area contributed by atoms with Gasteiger partial charge in [-0.15, -0.1) is 0 Å². The van der Waals surface area contributed by atoms with Gasteiger partial charge in [0, 0.05) is 31.1 Å². The molecule has 1 aliphatic heterocycles. The van der Waals surface area contributed by atoms with Crippen molar-refractivity contribution in [3.63, 3.8) is 0 Å². The van der Waals surface area contributed by atoms with Crippen LogP contribution in [0.2, 0.25) is 0 Å². The van der Waals surface area contributed by atoms with Gasteiger partial charge in [-0.3, -0.25) is 9.59 Å². The molecule has 0 aliphatic carbocycles. The van der Waals surface area contributed by atoms with Crippen LogP contribution < -0.4 is 20.9 Å². The molecule has 0 bridgehead atoms. The molecule has 1 atom stereocenters. The van der Waals surface area contributed by atoms with E-state index in [4.69, 9.17) is 9.47 Å². The number of rotatable bonds is 9. The van der Waals surface area contributed by atoms with Crippen molar-refractivity contribution in [2.45, 2.75) is 33.2 Å². The van der Waals surface area contributed by atoms with Crippen LogP contribution >= 0.6 is 0 Å². The molecule has 0 radical (unpaired) electrons. The zero-order chi connectivity index (χ0) is 21.3. The van der Waals surface area contributed by atoms with E-state index >= 15 is 0 Å². The smallest absolute Gasteiger partial charge is 0.263 e. The number of nitrogens with one attached hydrogen (secondary N) is 2. The Morgan fingerprint density at radius 1 is 1.30 bits per heavy atom. The second-order valence-electron chi connectivity index (χ2n) is 7.57. The average molecular weight is 414 g/mol. The highest BCUT2D eigenvalue weighted by Crippen LogP contribution is 2.18. The number of nitrogens with zero attached hydrogens (tertiary/aromatic N) is 1. The third-order valence-corrected chi connectivity index (χ3v) is 5.25. The first-order chi connectivity index (χ1) is 14.6. The van der Waals surface area contributed by atoms with E-state index in [2.05, 4.69) is 10.6 Å². The summed E-state index contributed by atoms with van der Waals surface area (Å²) in [5.41, 5.74) is 1.19. The molecule has 2 N–H and O–H groups in total. The monoisotopic (exact) mass is 413 g/mol. The molecule has 3 rings (SSSR count). The molecular weight excluding hydrogens is 382 g/mol. The fourth-order valence-electron chi connectivity index (χ4n) is 3.66. The minimum Gasteiger partial charge on any atom is -0.491 e. The van der Waals surface area contributed by atoms with E-state index in [1.807, 2.05) is 19.1 Å². The fourth-order valence-corrected chi connectivity index (χ4v) is 3.66. The summed E-state index contributed by atoms with van der Waals surface area (Å²) in [5.74, 6) is 0.639. The summed E-state index contributed by atoms with van der Waals surface area (Å²) in [6.45, 7) is 7.85. The largest absolute Gasteiger partial charge is 0.491 e. The van der Waals surface area contributed by atoms with E-state index in [0.717, 1.165) is 25.9 Å². The van der Waals surface area contributed by atoms with Crippen molar-refractivity contribution in [2.24, 2.45) is 5.92 Å². The van der Waals surface area contributed by atoms with E-state index in [9.17, 15) is 9.59 Å². The van der Waals surface area contributed by atoms with Gasteiger partial charge < -0.3 is 24.7 Å². The van der Waals surface area contributed by atoms with Crippen molar-refractivity contribution in [3.8, 4) is 5.75 Å². The van der Waals surface area contributed by atoms with Crippen LogP contribution in [0.1, 0.15) is 35.7 Å². The number of carbonyl (C=O) groups is 1. The van der Waals surface area contributed by atoms with Gasteiger partial charge in [0.05, 0.1) is 6.61 Å². The van der Waals surface area contributed by atoms with Gasteiger partial charge in [-0.2, -0.15) is 0 Å². The molecule has 0 saturated carbocycles. The Morgan fingerprint density at radius 3 is 2.93 bits per heavy atom. The van der Waals surface area contributed by atoms with E-state index in [1.54, 1.807) is 35.9 Å². The molecule has 1 aromatic carbocycles. The van der Waals surface area contributed by atoms with Gasteiger partial charge in [0.2, 0.25) is 0 Å². The number of aromatic nitrogens is 1. The highest BCUT2D eigenvalue weighted by atomic mass is 16.5. The second-order valence-corrected chi connectivity index (χ2v) is 7.57. The molecule has 1 saturated heterocycles. The van der Waals surface area contributed by atoms with Crippen LogP contribution in [0.25, 0.3) is 0 Å². The van der Waals surface area contributed by atoms with Crippen molar-refractivity contribution < 1.29 is 14.3 Å². The highest BCUT2D eigenvalue weighted by molar-refractivity contribution is 6.05. The van der Waals surface area contributed by atoms with Crippen molar-refractivity contribution in [2.75, 3.05) is 38.2 Å². The normalized spacial score (nSPS) is 16.3. The number of aryl methyl sites for hydroxylation is 1. The number of ether oxygens (including phenoxy) is 2. The molecule has 2 heterocycles. The number of anilines is 1. The maximum atomic E-state index is 13.0. The van der Waals surface area contributed by atoms with Crippen LogP contribution in [-0.2, 0) is 11.3 Å². The minimum absolute atomic E-state index is 0.184. The van der Waals surface area contributed by atoms with Crippen LogP contribution in [0.4, 0.5) is 5.69 Å². The lowest BCUT2D eigenvalue weighted by atomic mass is 9.99. The third kappa shape index (κ3) is 5.93. The number of hydrogen-bond donors (Lipinski definition) is 2. The van der Waals surface area contributed by atoms with Gasteiger partial charge in [-0.1, -0.05) is 6.07 Å². The van der Waals surface area contributed by atoms with Gasteiger partial charge in [-0.05, 0) is 69.5 Å². The first-order valence-corrected chi connectivity index (χ1v) is 10.6. The van der Waals surface area contributed by atoms with E-state index < -0.39 is 5.91 Å². The summed E-state index contributed by atoms with van der Waals surface area (Å²) >= 11 is 0. The zero-order valence-corrected chi connectivity index (χ0v) is 17.8. The molecule has 1 aliphatic rings. The molecule has 162 valence electrons. The number of hydrogen-bond acceptors (Lipinski definition) is 5. The minimum atomic E-state index is -0.403. The number of benzene rings is 1. The molecule has 0 spiro atoms. The Bertz CT molecular complexity index is 904. The van der Waals surface area contributed by atoms with Crippen LogP contribution in [0.5, 0.6) is 5.75 Å². The van der Waals surface area contributed by atoms with Crippen molar-refractivity contribution in [3.05, 3.63) is 58.0 Å². The average Bonchev–Trinajstić information content (AvgIpc) is 2.74. The Hall–Kier alpha value is -2.64. The molecule has 1 aromatic heterocycles. The predicted molar refractivity (Wildman–Crippen MR) is 117 cm³/mol. The summed E-state index contributed by atoms with van der Waals surface area (Å²) in [7, 11) is 0. The van der Waals surface area contributed by atoms with Gasteiger partial charge in [0.15, 0.2) is 0 Å². The standard InChI is InChI=1S/C23H31N3O4/c1-3-29-12-13-30-20-8-4-7-19(14-20)25-22(27)21-17(2)9-11-26(23(21)28)16-18-6-5-10-24-15-18/h4,7-9,11,14,18,24H,3,5-6,10,12-13,15-16H2,1-2H3,(H,25,27). The van der Waals surface area contributed by atoms with Gasteiger partial charge in [0.25, 0.3) is 11.5 Å². The van der Waals surface area contributed by atoms with Crippen molar-refractivity contribution >= 4 is 11.6 Å². The Kier molecular flexibility index (Phi) is 8.04. The number of carbonyl (C=O) groups excluding carboxylic acids is 1. The maximum Gasteiger partial charge on any atom is 0.263 e. The van der Waals surface area contributed by atoms with Gasteiger partial charge in [-0.25, -0.2) is 0 Å². The van der Waals surface area contributed by atoms with Crippen LogP contribution in [0.3, 0.4) is 0 Å². The lowest BCUT2D eigenvalue weighted by molar-refractivity contribution is 0.102. The Balaban J connectivity index is 1.70. The maximum absolute atomic E-state index is 13.0. The quantitative estimate of drug-likeness (QED) is 0.618. The molecule has 1 amide bonds. The fraction of sp³-hybridized carbons (Fsp3) is 0.478. The first kappa shape index (κ1) is 22.1. The summed E-state index contributed by atoms with van der Waals surface area (Å²) in [4.78, 5) is 25.9. The number of amides is 1. The lowest BCUT2D eigenvalue weighted by Gasteiger charge is -2.23. The third-order valence-electron chi connectivity index (χ3n) is 5.25. The molecule has 1 fully saturated rings. The van der Waals surface area contributed by atoms with E-state index in [1.165, 1.54) is 0 Å². The molecule has 30 heavy (non-hydrogen) atoms. The first-order valence-electron chi connectivity index (χ1n) is 10.6. The van der Waals surface area contributed by atoms with Crippen LogP contribution in [-0.4, -0.2) is 43.4 Å². The summed E-state index contributed by atoms with van der Waals surface area (Å²) in [6.07, 6.45) is 3.99. The summed E-state index contributed by atoms with van der Waals surface area (Å²) in [5, 5.41) is 6.21. The number of piperidine rings is 1. The highest BCUT2D eigenvalue weighted by Gasteiger charge is 2.19. The van der Waals surface area contributed by atoms with Gasteiger partial charge >= 0.3 is 0 Å². The SMILES string of the molecule is CCOCCOc1cccc(NC(=O)c2c(C)ccn(CC3CCCNC3)c2=O)c1. The molecule has 1 unspecified atom stereocenters. The van der Waals surface area contributed by atoms with Crippen LogP contribution in [0, 0.1) is 12.8 Å². The second kappa shape index (κ2) is 10.9. The Morgan fingerprint density at radius 2 is 2.17 bits per heavy atom. The van der Waals surface area contributed by atoms with Gasteiger partial charge in [0.1, 0.15) is 17.9 Å². The zero-order valence-electron chi connectivity index (χ0n) is 17.8. The summed E-state index contributed by atoms with van der Waals surface area (Å²) < 4.78 is 12.6. The van der Waals surface area contributed by atoms with Crippen molar-refractivity contribution in [1.82, 2.24) is 9.88 Å². The predicted octanol–water partition coefficient (Wildman–Crippen LogP) is 2.82. The van der Waals surface area contributed by atoms with E-state index in [0.29, 0.717) is 49.3 Å². The van der Waals surface area contributed by atoms with Crippen molar-refractivity contribution in [1.29, 1.82) is 0 Å².